The number of carbonyl (C=O) groups is 2. The van der Waals surface area contributed by atoms with Gasteiger partial charge in [-0.1, -0.05) is 55.8 Å². The molecule has 0 atom stereocenters. The maximum absolute atomic E-state index is 12.3. The highest BCUT2D eigenvalue weighted by Gasteiger charge is 2.18. The molecule has 0 saturated carbocycles. The summed E-state index contributed by atoms with van der Waals surface area (Å²) in [7, 11) is 0. The second-order valence-electron chi connectivity index (χ2n) is 6.04. The van der Waals surface area contributed by atoms with Gasteiger partial charge in [0.1, 0.15) is 0 Å². The molecule has 2 aromatic rings. The van der Waals surface area contributed by atoms with Crippen LogP contribution in [0, 0.1) is 0 Å². The Balaban J connectivity index is 2.14. The average Bonchev–Trinajstić information content (AvgIpc) is 2.64. The smallest absolute Gasteiger partial charge is 0.252 e. The third-order valence-corrected chi connectivity index (χ3v) is 4.68. The van der Waals surface area contributed by atoms with E-state index in [0.29, 0.717) is 23.7 Å². The van der Waals surface area contributed by atoms with Gasteiger partial charge >= 0.3 is 0 Å². The molecule has 0 aliphatic carbocycles. The average molecular weight is 373 g/mol. The Morgan fingerprint density at radius 1 is 1.00 bits per heavy atom. The van der Waals surface area contributed by atoms with Crippen LogP contribution in [0.15, 0.2) is 42.5 Å². The Morgan fingerprint density at radius 3 is 2.15 bits per heavy atom. The maximum Gasteiger partial charge on any atom is 0.252 e. The second-order valence-corrected chi connectivity index (χ2v) is 6.45. The number of anilines is 1. The largest absolute Gasteiger partial charge is 0.350 e. The Labute approximate surface area is 160 Å². The standard InChI is InChI=1S/C21H25ClN2O2/c1-4-16-9-8-10-17(5-2)20(16)24(15(3)25)14-13-23-21(26)18-11-6-7-12-19(18)22/h6-12H,4-5,13-14H2,1-3H3,(H,23,26). The zero-order valence-electron chi connectivity index (χ0n) is 15.5. The van der Waals surface area contributed by atoms with E-state index in [1.54, 1.807) is 36.1 Å². The first-order valence-corrected chi connectivity index (χ1v) is 9.28. The second kappa shape index (κ2) is 9.39. The fourth-order valence-electron chi connectivity index (χ4n) is 3.01. The van der Waals surface area contributed by atoms with Gasteiger partial charge in [-0.2, -0.15) is 0 Å². The molecule has 0 unspecified atom stereocenters. The number of aryl methyl sites for hydroxylation is 2. The Kier molecular flexibility index (Phi) is 7.22. The first-order valence-electron chi connectivity index (χ1n) is 8.91. The van der Waals surface area contributed by atoms with Crippen molar-refractivity contribution in [3.63, 3.8) is 0 Å². The van der Waals surface area contributed by atoms with E-state index >= 15 is 0 Å². The van der Waals surface area contributed by atoms with Crippen molar-refractivity contribution in [2.75, 3.05) is 18.0 Å². The monoisotopic (exact) mass is 372 g/mol. The molecule has 0 bridgehead atoms. The molecule has 26 heavy (non-hydrogen) atoms. The molecule has 1 N–H and O–H groups in total. The topological polar surface area (TPSA) is 49.4 Å². The van der Waals surface area contributed by atoms with Crippen molar-refractivity contribution in [1.82, 2.24) is 5.32 Å². The van der Waals surface area contributed by atoms with Crippen molar-refractivity contribution in [1.29, 1.82) is 0 Å². The SMILES string of the molecule is CCc1cccc(CC)c1N(CCNC(=O)c1ccccc1Cl)C(C)=O. The number of hydrogen-bond donors (Lipinski definition) is 1. The van der Waals surface area contributed by atoms with Crippen LogP contribution in [0.2, 0.25) is 5.02 Å². The van der Waals surface area contributed by atoms with Crippen molar-refractivity contribution >= 4 is 29.1 Å². The number of para-hydroxylation sites is 1. The molecule has 138 valence electrons. The summed E-state index contributed by atoms with van der Waals surface area (Å²) in [4.78, 5) is 26.3. The Bertz CT molecular complexity index is 767. The highest BCUT2D eigenvalue weighted by Crippen LogP contribution is 2.27. The van der Waals surface area contributed by atoms with Crippen LogP contribution in [0.5, 0.6) is 0 Å². The molecular weight excluding hydrogens is 348 g/mol. The minimum Gasteiger partial charge on any atom is -0.350 e. The summed E-state index contributed by atoms with van der Waals surface area (Å²) >= 11 is 6.06. The van der Waals surface area contributed by atoms with Crippen LogP contribution in [0.3, 0.4) is 0 Å². The molecular formula is C21H25ClN2O2. The zero-order chi connectivity index (χ0) is 19.1. The van der Waals surface area contributed by atoms with Crippen LogP contribution in [-0.4, -0.2) is 24.9 Å². The highest BCUT2D eigenvalue weighted by atomic mass is 35.5. The Morgan fingerprint density at radius 2 is 1.62 bits per heavy atom. The van der Waals surface area contributed by atoms with E-state index in [1.807, 2.05) is 18.2 Å². The number of hydrogen-bond acceptors (Lipinski definition) is 2. The fourth-order valence-corrected chi connectivity index (χ4v) is 3.23. The number of benzene rings is 2. The lowest BCUT2D eigenvalue weighted by Crippen LogP contribution is -2.38. The van der Waals surface area contributed by atoms with E-state index in [2.05, 4.69) is 19.2 Å². The highest BCUT2D eigenvalue weighted by molar-refractivity contribution is 6.33. The van der Waals surface area contributed by atoms with Crippen LogP contribution >= 0.6 is 11.6 Å². The van der Waals surface area contributed by atoms with Gasteiger partial charge in [0.25, 0.3) is 5.91 Å². The molecule has 0 aliphatic rings. The van der Waals surface area contributed by atoms with Crippen LogP contribution in [0.25, 0.3) is 0 Å². The van der Waals surface area contributed by atoms with Crippen molar-refractivity contribution in [3.8, 4) is 0 Å². The molecule has 0 heterocycles. The zero-order valence-corrected chi connectivity index (χ0v) is 16.3. The number of nitrogens with one attached hydrogen (secondary N) is 1. The molecule has 0 aliphatic heterocycles. The summed E-state index contributed by atoms with van der Waals surface area (Å²) in [6.45, 7) is 6.48. The first-order chi connectivity index (χ1) is 12.5. The minimum absolute atomic E-state index is 0.0346. The lowest BCUT2D eigenvalue weighted by Gasteiger charge is -2.26. The molecule has 0 fully saturated rings. The fraction of sp³-hybridized carbons (Fsp3) is 0.333. The Hall–Kier alpha value is -2.33. The van der Waals surface area contributed by atoms with Gasteiger partial charge in [-0.3, -0.25) is 9.59 Å². The summed E-state index contributed by atoms with van der Waals surface area (Å²) in [6.07, 6.45) is 1.69. The van der Waals surface area contributed by atoms with Crippen molar-refractivity contribution in [2.24, 2.45) is 0 Å². The first kappa shape index (κ1) is 20.0. The van der Waals surface area contributed by atoms with Crippen LogP contribution in [0.4, 0.5) is 5.69 Å². The van der Waals surface area contributed by atoms with Gasteiger partial charge in [0.2, 0.25) is 5.91 Å². The van der Waals surface area contributed by atoms with Gasteiger partial charge in [0.05, 0.1) is 16.3 Å². The molecule has 0 saturated heterocycles. The van der Waals surface area contributed by atoms with Crippen LogP contribution < -0.4 is 10.2 Å². The van der Waals surface area contributed by atoms with Gasteiger partial charge in [0, 0.05) is 20.0 Å². The third-order valence-electron chi connectivity index (χ3n) is 4.35. The normalized spacial score (nSPS) is 10.5. The molecule has 0 aromatic heterocycles. The van der Waals surface area contributed by atoms with Gasteiger partial charge in [-0.15, -0.1) is 0 Å². The molecule has 0 radical (unpaired) electrons. The van der Waals surface area contributed by atoms with Crippen molar-refractivity contribution < 1.29 is 9.59 Å². The van der Waals surface area contributed by atoms with E-state index in [-0.39, 0.29) is 11.8 Å². The van der Waals surface area contributed by atoms with Gasteiger partial charge in [-0.25, -0.2) is 0 Å². The number of nitrogens with zero attached hydrogens (tertiary/aromatic N) is 1. The molecule has 2 aromatic carbocycles. The number of rotatable bonds is 7. The van der Waals surface area contributed by atoms with E-state index in [9.17, 15) is 9.59 Å². The molecule has 2 rings (SSSR count). The van der Waals surface area contributed by atoms with Crippen molar-refractivity contribution in [2.45, 2.75) is 33.6 Å². The lowest BCUT2D eigenvalue weighted by molar-refractivity contribution is -0.116. The molecule has 2 amide bonds. The molecule has 5 heteroatoms. The lowest BCUT2D eigenvalue weighted by atomic mass is 10.0. The summed E-state index contributed by atoms with van der Waals surface area (Å²) < 4.78 is 0. The van der Waals surface area contributed by atoms with Gasteiger partial charge in [-0.05, 0) is 36.1 Å². The van der Waals surface area contributed by atoms with E-state index in [1.165, 1.54) is 0 Å². The predicted molar refractivity (Wildman–Crippen MR) is 107 cm³/mol. The summed E-state index contributed by atoms with van der Waals surface area (Å²) in [5.41, 5.74) is 3.68. The number of carbonyl (C=O) groups excluding carboxylic acids is 2. The maximum atomic E-state index is 12.3. The quantitative estimate of drug-likeness (QED) is 0.789. The van der Waals surface area contributed by atoms with E-state index in [4.69, 9.17) is 11.6 Å². The summed E-state index contributed by atoms with van der Waals surface area (Å²) in [6, 6.07) is 13.0. The van der Waals surface area contributed by atoms with Crippen LogP contribution in [0.1, 0.15) is 42.3 Å². The molecule has 4 nitrogen and oxygen atoms in total. The van der Waals surface area contributed by atoms with E-state index < -0.39 is 0 Å². The number of amides is 2. The molecule has 0 spiro atoms. The third kappa shape index (κ3) is 4.64. The number of halogens is 1. The van der Waals surface area contributed by atoms with Gasteiger partial charge < -0.3 is 10.2 Å². The van der Waals surface area contributed by atoms with Crippen LogP contribution in [-0.2, 0) is 17.6 Å². The van der Waals surface area contributed by atoms with Gasteiger partial charge in [0.15, 0.2) is 0 Å². The minimum atomic E-state index is -0.237. The van der Waals surface area contributed by atoms with Crippen molar-refractivity contribution in [3.05, 3.63) is 64.2 Å². The predicted octanol–water partition coefficient (Wildman–Crippen LogP) is 4.25. The summed E-state index contributed by atoms with van der Waals surface area (Å²) in [5, 5.41) is 3.27. The summed E-state index contributed by atoms with van der Waals surface area (Å²) in [5.74, 6) is -0.272. The van der Waals surface area contributed by atoms with E-state index in [0.717, 1.165) is 29.7 Å².